The third-order valence-corrected chi connectivity index (χ3v) is 3.53. The van der Waals surface area contributed by atoms with Crippen LogP contribution in [0.3, 0.4) is 0 Å². The van der Waals surface area contributed by atoms with Crippen LogP contribution in [0, 0.1) is 0 Å². The van der Waals surface area contributed by atoms with Gasteiger partial charge in [0.1, 0.15) is 5.01 Å². The summed E-state index contributed by atoms with van der Waals surface area (Å²) in [6.07, 6.45) is 0.563. The lowest BCUT2D eigenvalue weighted by Gasteiger charge is -2.01. The quantitative estimate of drug-likeness (QED) is 0.945. The predicted octanol–water partition coefficient (Wildman–Crippen LogP) is 3.39. The maximum atomic E-state index is 10.9. The first-order chi connectivity index (χ1) is 8.54. The first kappa shape index (κ1) is 13.3. The molecule has 4 nitrogen and oxygen atoms in total. The molecule has 0 saturated heterocycles. The molecular formula is C11H9Cl2N3OS. The molecule has 1 aromatic carbocycles. The third-order valence-electron chi connectivity index (χ3n) is 2.11. The number of nitrogens with zero attached hydrogens (tertiary/aromatic N) is 2. The van der Waals surface area contributed by atoms with Gasteiger partial charge in [-0.25, -0.2) is 0 Å². The van der Waals surface area contributed by atoms with Crippen molar-refractivity contribution in [2.24, 2.45) is 0 Å². The van der Waals surface area contributed by atoms with Gasteiger partial charge in [0.25, 0.3) is 0 Å². The molecule has 0 aliphatic carbocycles. The van der Waals surface area contributed by atoms with E-state index in [1.807, 2.05) is 6.07 Å². The van der Waals surface area contributed by atoms with Crippen molar-refractivity contribution >= 4 is 45.6 Å². The highest BCUT2D eigenvalue weighted by Crippen LogP contribution is 2.25. The number of anilines is 1. The molecule has 0 saturated carbocycles. The van der Waals surface area contributed by atoms with E-state index in [4.69, 9.17) is 23.2 Å². The van der Waals surface area contributed by atoms with Crippen molar-refractivity contribution in [3.8, 4) is 0 Å². The van der Waals surface area contributed by atoms with Crippen LogP contribution in [-0.2, 0) is 11.2 Å². The fourth-order valence-corrected chi connectivity index (χ4v) is 2.64. The number of halogens is 2. The Labute approximate surface area is 118 Å². The van der Waals surface area contributed by atoms with Crippen LogP contribution in [0.25, 0.3) is 0 Å². The standard InChI is InChI=1S/C11H9Cl2N3OS/c1-6(17)14-11-16-15-10(18-11)4-7-2-3-8(12)5-9(7)13/h2-3,5H,4H2,1H3,(H,14,16,17). The number of hydrogen-bond donors (Lipinski definition) is 1. The molecule has 0 atom stereocenters. The first-order valence-electron chi connectivity index (χ1n) is 5.08. The number of carbonyl (C=O) groups excluding carboxylic acids is 1. The summed E-state index contributed by atoms with van der Waals surface area (Å²) in [6, 6.07) is 5.32. The summed E-state index contributed by atoms with van der Waals surface area (Å²) >= 11 is 13.2. The number of aromatic nitrogens is 2. The van der Waals surface area contributed by atoms with Crippen molar-refractivity contribution in [1.29, 1.82) is 0 Å². The summed E-state index contributed by atoms with van der Waals surface area (Å²) in [4.78, 5) is 10.9. The third kappa shape index (κ3) is 3.41. The molecule has 0 spiro atoms. The minimum Gasteiger partial charge on any atom is -0.301 e. The second-order valence-corrected chi connectivity index (χ2v) is 5.50. The second-order valence-electron chi connectivity index (χ2n) is 3.59. The molecule has 1 aromatic heterocycles. The van der Waals surface area contributed by atoms with Gasteiger partial charge in [0.05, 0.1) is 0 Å². The number of nitrogens with one attached hydrogen (secondary N) is 1. The summed E-state index contributed by atoms with van der Waals surface area (Å²) in [5, 5.41) is 12.9. The molecule has 1 N–H and O–H groups in total. The highest BCUT2D eigenvalue weighted by molar-refractivity contribution is 7.15. The second kappa shape index (κ2) is 5.65. The van der Waals surface area contributed by atoms with Crippen molar-refractivity contribution < 1.29 is 4.79 Å². The van der Waals surface area contributed by atoms with Gasteiger partial charge in [0.15, 0.2) is 0 Å². The van der Waals surface area contributed by atoms with Crippen molar-refractivity contribution in [2.75, 3.05) is 5.32 Å². The van der Waals surface area contributed by atoms with Gasteiger partial charge in [-0.15, -0.1) is 10.2 Å². The van der Waals surface area contributed by atoms with Crippen LogP contribution in [-0.4, -0.2) is 16.1 Å². The van der Waals surface area contributed by atoms with Crippen LogP contribution >= 0.6 is 34.5 Å². The van der Waals surface area contributed by atoms with Gasteiger partial charge >= 0.3 is 0 Å². The Hall–Kier alpha value is -1.17. The van der Waals surface area contributed by atoms with Gasteiger partial charge in [-0.3, -0.25) is 4.79 Å². The Kier molecular flexibility index (Phi) is 4.16. The summed E-state index contributed by atoms with van der Waals surface area (Å²) in [6.45, 7) is 1.43. The molecule has 1 amide bonds. The fraction of sp³-hybridized carbons (Fsp3) is 0.182. The lowest BCUT2D eigenvalue weighted by molar-refractivity contribution is -0.114. The van der Waals surface area contributed by atoms with Gasteiger partial charge in [-0.1, -0.05) is 40.6 Å². The van der Waals surface area contributed by atoms with Crippen molar-refractivity contribution in [3.63, 3.8) is 0 Å². The van der Waals surface area contributed by atoms with Crippen LogP contribution < -0.4 is 5.32 Å². The number of amides is 1. The highest BCUT2D eigenvalue weighted by atomic mass is 35.5. The van der Waals surface area contributed by atoms with Crippen molar-refractivity contribution in [3.05, 3.63) is 38.8 Å². The molecule has 94 valence electrons. The number of carbonyl (C=O) groups is 1. The van der Waals surface area contributed by atoms with Gasteiger partial charge in [-0.2, -0.15) is 0 Å². The molecular weight excluding hydrogens is 293 g/mol. The monoisotopic (exact) mass is 301 g/mol. The minimum absolute atomic E-state index is 0.165. The summed E-state index contributed by atoms with van der Waals surface area (Å²) < 4.78 is 0. The normalized spacial score (nSPS) is 10.4. The van der Waals surface area contributed by atoms with Crippen LogP contribution in [0.15, 0.2) is 18.2 Å². The molecule has 0 unspecified atom stereocenters. The van der Waals surface area contributed by atoms with Crippen molar-refractivity contribution in [1.82, 2.24) is 10.2 Å². The van der Waals surface area contributed by atoms with E-state index in [-0.39, 0.29) is 5.91 Å². The van der Waals surface area contributed by atoms with Gasteiger partial charge in [-0.05, 0) is 17.7 Å². The zero-order valence-corrected chi connectivity index (χ0v) is 11.7. The van der Waals surface area contributed by atoms with E-state index in [2.05, 4.69) is 15.5 Å². The van der Waals surface area contributed by atoms with Crippen LogP contribution in [0.1, 0.15) is 17.5 Å². The number of rotatable bonds is 3. The Balaban J connectivity index is 2.13. The zero-order valence-electron chi connectivity index (χ0n) is 9.41. The van der Waals surface area contributed by atoms with Crippen LogP contribution in [0.4, 0.5) is 5.13 Å². The van der Waals surface area contributed by atoms with Gasteiger partial charge < -0.3 is 5.32 Å². The topological polar surface area (TPSA) is 54.9 Å². The summed E-state index contributed by atoms with van der Waals surface area (Å²) in [5.41, 5.74) is 0.923. The van der Waals surface area contributed by atoms with Crippen LogP contribution in [0.5, 0.6) is 0 Å². The first-order valence-corrected chi connectivity index (χ1v) is 6.66. The van der Waals surface area contributed by atoms with Crippen LogP contribution in [0.2, 0.25) is 10.0 Å². The maximum absolute atomic E-state index is 10.9. The molecule has 18 heavy (non-hydrogen) atoms. The van der Waals surface area contributed by atoms with E-state index >= 15 is 0 Å². The molecule has 0 fully saturated rings. The average Bonchev–Trinajstić information content (AvgIpc) is 2.69. The molecule has 2 rings (SSSR count). The molecule has 2 aromatic rings. The molecule has 0 aliphatic rings. The minimum atomic E-state index is -0.165. The zero-order chi connectivity index (χ0) is 13.1. The number of hydrogen-bond acceptors (Lipinski definition) is 4. The van der Waals surface area contributed by atoms with E-state index in [0.29, 0.717) is 21.6 Å². The van der Waals surface area contributed by atoms with Crippen molar-refractivity contribution in [2.45, 2.75) is 13.3 Å². The summed E-state index contributed by atoms with van der Waals surface area (Å²) in [7, 11) is 0. The smallest absolute Gasteiger partial charge is 0.223 e. The maximum Gasteiger partial charge on any atom is 0.223 e. The van der Waals surface area contributed by atoms with Gasteiger partial charge in [0.2, 0.25) is 11.0 Å². The molecule has 1 heterocycles. The number of benzene rings is 1. The Morgan fingerprint density at radius 1 is 1.39 bits per heavy atom. The highest BCUT2D eigenvalue weighted by Gasteiger charge is 2.08. The predicted molar refractivity (Wildman–Crippen MR) is 73.5 cm³/mol. The summed E-state index contributed by atoms with van der Waals surface area (Å²) in [5.74, 6) is -0.165. The SMILES string of the molecule is CC(=O)Nc1nnc(Cc2ccc(Cl)cc2Cl)s1. The largest absolute Gasteiger partial charge is 0.301 e. The Bertz CT molecular complexity index is 585. The molecule has 7 heteroatoms. The average molecular weight is 302 g/mol. The molecule has 0 bridgehead atoms. The Morgan fingerprint density at radius 3 is 2.83 bits per heavy atom. The van der Waals surface area contributed by atoms with E-state index in [0.717, 1.165) is 10.6 Å². The van der Waals surface area contributed by atoms with Gasteiger partial charge in [0, 0.05) is 23.4 Å². The van der Waals surface area contributed by atoms with E-state index in [1.54, 1.807) is 12.1 Å². The lowest BCUT2D eigenvalue weighted by atomic mass is 10.2. The Morgan fingerprint density at radius 2 is 2.17 bits per heavy atom. The lowest BCUT2D eigenvalue weighted by Crippen LogP contribution is -2.04. The molecule has 0 aliphatic heterocycles. The molecule has 0 radical (unpaired) electrons. The fourth-order valence-electron chi connectivity index (χ4n) is 1.35. The van der Waals surface area contributed by atoms with E-state index in [9.17, 15) is 4.79 Å². The van der Waals surface area contributed by atoms with E-state index < -0.39 is 0 Å². The van der Waals surface area contributed by atoms with E-state index in [1.165, 1.54) is 18.3 Å².